The van der Waals surface area contributed by atoms with Crippen LogP contribution < -0.4 is 4.74 Å². The second kappa shape index (κ2) is 9.42. The van der Waals surface area contributed by atoms with Crippen molar-refractivity contribution in [1.82, 2.24) is 0 Å². The van der Waals surface area contributed by atoms with Crippen molar-refractivity contribution in [3.8, 4) is 5.75 Å². The van der Waals surface area contributed by atoms with Gasteiger partial charge >= 0.3 is 12.1 Å². The van der Waals surface area contributed by atoms with Crippen molar-refractivity contribution in [2.75, 3.05) is 0 Å². The minimum atomic E-state index is -4.51. The molecule has 3 heterocycles. The van der Waals surface area contributed by atoms with Gasteiger partial charge in [-0.15, -0.1) is 0 Å². The van der Waals surface area contributed by atoms with Crippen molar-refractivity contribution >= 4 is 16.7 Å². The Labute approximate surface area is 222 Å². The number of hydrogen-bond donors (Lipinski definition) is 1. The molecule has 0 radical (unpaired) electrons. The van der Waals surface area contributed by atoms with E-state index in [4.69, 9.17) is 4.74 Å². The zero-order valence-corrected chi connectivity index (χ0v) is 22.3. The molecule has 2 aromatic rings. The van der Waals surface area contributed by atoms with Crippen molar-refractivity contribution in [1.29, 1.82) is 0 Å². The van der Waals surface area contributed by atoms with Gasteiger partial charge in [-0.1, -0.05) is 38.5 Å². The average molecular weight is 531 g/mol. The first-order valence-corrected chi connectivity index (χ1v) is 14.6. The number of carboxylic acid groups (broad SMARTS) is 1. The lowest BCUT2D eigenvalue weighted by Crippen LogP contribution is -2.86. The Morgan fingerprint density at radius 1 is 1.00 bits per heavy atom. The summed E-state index contributed by atoms with van der Waals surface area (Å²) in [6.45, 7) is 4.33. The van der Waals surface area contributed by atoms with Gasteiger partial charge in [-0.25, -0.2) is 0 Å². The van der Waals surface area contributed by atoms with Crippen LogP contribution in [-0.2, 0) is 11.0 Å². The molecule has 0 amide bonds. The summed E-state index contributed by atoms with van der Waals surface area (Å²) < 4.78 is 50.2. The summed E-state index contributed by atoms with van der Waals surface area (Å²) in [6, 6.07) is 10.3. The number of quaternary nitrogens is 1. The Morgan fingerprint density at radius 3 is 2.21 bits per heavy atom. The highest BCUT2D eigenvalue weighted by Crippen LogP contribution is 2.63. The zero-order valence-electron chi connectivity index (χ0n) is 22.3. The third kappa shape index (κ3) is 3.94. The van der Waals surface area contributed by atoms with Crippen molar-refractivity contribution in [2.24, 2.45) is 11.8 Å². The van der Waals surface area contributed by atoms with Gasteiger partial charge in [-0.3, -0.25) is 4.79 Å². The number of carboxylic acids is 1. The van der Waals surface area contributed by atoms with E-state index in [1.54, 1.807) is 12.1 Å². The van der Waals surface area contributed by atoms with Crippen LogP contribution in [0.3, 0.4) is 0 Å². The summed E-state index contributed by atoms with van der Waals surface area (Å²) in [4.78, 5) is 11.7. The van der Waals surface area contributed by atoms with Gasteiger partial charge in [-0.05, 0) is 54.5 Å². The van der Waals surface area contributed by atoms with Crippen LogP contribution >= 0.6 is 0 Å². The van der Waals surface area contributed by atoms with E-state index in [-0.39, 0.29) is 29.2 Å². The van der Waals surface area contributed by atoms with Crippen LogP contribution in [0.25, 0.3) is 10.8 Å². The van der Waals surface area contributed by atoms with Crippen molar-refractivity contribution in [2.45, 2.75) is 115 Å². The summed E-state index contributed by atoms with van der Waals surface area (Å²) in [5, 5.41) is 10.4. The molecule has 7 heteroatoms. The van der Waals surface area contributed by atoms with E-state index in [1.165, 1.54) is 6.07 Å². The Hall–Kier alpha value is -2.28. The van der Waals surface area contributed by atoms with Crippen molar-refractivity contribution in [3.05, 3.63) is 41.5 Å². The quantitative estimate of drug-likeness (QED) is 0.371. The summed E-state index contributed by atoms with van der Waals surface area (Å²) >= 11 is 0. The second-order valence-electron chi connectivity index (χ2n) is 12.3. The number of aliphatic carboxylic acids is 1. The van der Waals surface area contributed by atoms with Gasteiger partial charge in [0.25, 0.3) is 0 Å². The highest BCUT2D eigenvalue weighted by Gasteiger charge is 2.72. The molecule has 0 aromatic heterocycles. The summed E-state index contributed by atoms with van der Waals surface area (Å²) in [5.74, 6) is -0.354. The van der Waals surface area contributed by atoms with E-state index in [1.807, 2.05) is 12.1 Å². The highest BCUT2D eigenvalue weighted by atomic mass is 19.4. The molecule has 0 spiro atoms. The van der Waals surface area contributed by atoms with Crippen LogP contribution in [0.15, 0.2) is 30.3 Å². The van der Waals surface area contributed by atoms with Crippen LogP contribution in [0.5, 0.6) is 5.75 Å². The fraction of sp³-hybridized carbons (Fsp3) is 0.645. The van der Waals surface area contributed by atoms with Crippen LogP contribution in [0.1, 0.15) is 95.2 Å². The minimum Gasteiger partial charge on any atom is -0.490 e. The predicted octanol–water partition coefficient (Wildman–Crippen LogP) is 7.88. The molecule has 4 aliphatic rings. The summed E-state index contributed by atoms with van der Waals surface area (Å²) in [6.07, 6.45) is 4.52. The van der Waals surface area contributed by atoms with E-state index >= 15 is 0 Å². The van der Waals surface area contributed by atoms with E-state index in [0.29, 0.717) is 42.3 Å². The number of fused-ring (bicyclic) bond motifs is 1. The second-order valence-corrected chi connectivity index (χ2v) is 12.3. The number of hydrogen-bond acceptors (Lipinski definition) is 2. The number of piperidine rings is 2. The molecule has 3 unspecified atom stereocenters. The number of halogens is 3. The molecule has 6 rings (SSSR count). The maximum absolute atomic E-state index is 14.4. The van der Waals surface area contributed by atoms with E-state index < -0.39 is 17.7 Å². The Bertz CT molecular complexity index is 1200. The molecule has 4 nitrogen and oxygen atoms in total. The van der Waals surface area contributed by atoms with E-state index in [2.05, 4.69) is 13.8 Å². The maximum Gasteiger partial charge on any atom is 0.420 e. The smallest absolute Gasteiger partial charge is 0.420 e. The standard InChI is InChI=1S/C31H38F3NO3/c1-3-18-5-9-25(10-6-18)38-28-12-8-19-13-20(7-11-26(19)29(28)31(32,33)34)27(4-2)35-22-14-21(30(36)37)15-23(35)17-24(35)16-22/h7-8,11-13,18,21-25,27H,3-6,9-10,14-17H2,1-2H3/p+1. The molecule has 3 saturated heterocycles. The molecule has 4 fully saturated rings. The molecule has 1 saturated carbocycles. The number of benzene rings is 2. The minimum absolute atomic E-state index is 0.0496. The van der Waals surface area contributed by atoms with E-state index in [0.717, 1.165) is 61.4 Å². The Kier molecular flexibility index (Phi) is 6.44. The first-order valence-electron chi connectivity index (χ1n) is 14.6. The number of rotatable bonds is 7. The number of nitrogens with zero attached hydrogens (tertiary/aromatic N) is 1. The van der Waals surface area contributed by atoms with Crippen LogP contribution in [0, 0.1) is 11.8 Å². The third-order valence-electron chi connectivity index (χ3n) is 10.7. The molecule has 0 bridgehead atoms. The lowest BCUT2D eigenvalue weighted by molar-refractivity contribution is -1.10. The SMILES string of the molecule is CCC1CCC(Oc2ccc3cc(C(CC)[N+]45C6CC(C(=O)O)CC4CC5C6)ccc3c2C(F)(F)F)CC1. The normalized spacial score (nSPS) is 35.1. The number of ether oxygens (including phenoxy) is 1. The molecular weight excluding hydrogens is 491 g/mol. The Morgan fingerprint density at radius 2 is 1.66 bits per heavy atom. The fourth-order valence-corrected chi connectivity index (χ4v) is 8.92. The molecule has 206 valence electrons. The topological polar surface area (TPSA) is 46.5 Å². The molecule has 38 heavy (non-hydrogen) atoms. The zero-order chi connectivity index (χ0) is 26.8. The lowest BCUT2D eigenvalue weighted by Gasteiger charge is -2.75. The van der Waals surface area contributed by atoms with Gasteiger partial charge in [0, 0.05) is 24.8 Å². The molecular formula is C31H39F3NO3+. The Balaban J connectivity index is 1.32. The third-order valence-corrected chi connectivity index (χ3v) is 10.7. The van der Waals surface area contributed by atoms with Crippen LogP contribution in [0.2, 0.25) is 0 Å². The van der Waals surface area contributed by atoms with E-state index in [9.17, 15) is 23.1 Å². The molecule has 3 atom stereocenters. The van der Waals surface area contributed by atoms with Gasteiger partial charge in [0.1, 0.15) is 23.4 Å². The monoisotopic (exact) mass is 530 g/mol. The largest absolute Gasteiger partial charge is 0.490 e. The van der Waals surface area contributed by atoms with Crippen molar-refractivity contribution < 1.29 is 32.3 Å². The summed E-state index contributed by atoms with van der Waals surface area (Å²) in [5.41, 5.74) is 0.416. The van der Waals surface area contributed by atoms with Gasteiger partial charge < -0.3 is 14.3 Å². The predicted molar refractivity (Wildman–Crippen MR) is 140 cm³/mol. The van der Waals surface area contributed by atoms with Crippen LogP contribution in [-0.4, -0.2) is 39.8 Å². The van der Waals surface area contributed by atoms with Crippen molar-refractivity contribution in [3.63, 3.8) is 0 Å². The average Bonchev–Trinajstić information content (AvgIpc) is 2.86. The molecule has 1 aliphatic carbocycles. The first-order chi connectivity index (χ1) is 18.2. The number of alkyl halides is 3. The van der Waals surface area contributed by atoms with Crippen LogP contribution in [0.4, 0.5) is 13.2 Å². The molecule has 2 aromatic carbocycles. The lowest BCUT2D eigenvalue weighted by atomic mass is 9.60. The molecule has 1 N–H and O–H groups in total. The van der Waals surface area contributed by atoms with Gasteiger partial charge in [0.15, 0.2) is 0 Å². The maximum atomic E-state index is 14.4. The fourth-order valence-electron chi connectivity index (χ4n) is 8.92. The molecule has 3 aliphatic heterocycles. The first kappa shape index (κ1) is 26.0. The summed E-state index contributed by atoms with van der Waals surface area (Å²) in [7, 11) is 0. The number of carbonyl (C=O) groups is 1. The van der Waals surface area contributed by atoms with Gasteiger partial charge in [0.05, 0.1) is 36.9 Å². The van der Waals surface area contributed by atoms with Gasteiger partial charge in [-0.2, -0.15) is 13.2 Å². The highest BCUT2D eigenvalue weighted by molar-refractivity contribution is 5.89. The van der Waals surface area contributed by atoms with Gasteiger partial charge in [0.2, 0.25) is 0 Å².